The molecule has 21 heavy (non-hydrogen) atoms. The fraction of sp³-hybridized carbons (Fsp3) is 0.250. The monoisotopic (exact) mass is 295 g/mol. The SMILES string of the molecule is O[C@H](CNCc1ccc(C(F)(F)F)cc1)c1ccccc1. The molecule has 2 nitrogen and oxygen atoms in total. The molecule has 0 saturated heterocycles. The van der Waals surface area contributed by atoms with E-state index in [2.05, 4.69) is 5.32 Å². The molecule has 5 heteroatoms. The quantitative estimate of drug-likeness (QED) is 0.884. The van der Waals surface area contributed by atoms with Crippen LogP contribution < -0.4 is 5.32 Å². The topological polar surface area (TPSA) is 32.3 Å². The molecular weight excluding hydrogens is 279 g/mol. The number of alkyl halides is 3. The summed E-state index contributed by atoms with van der Waals surface area (Å²) < 4.78 is 37.2. The van der Waals surface area contributed by atoms with Crippen LogP contribution in [0.4, 0.5) is 13.2 Å². The molecule has 2 rings (SSSR count). The molecule has 0 bridgehead atoms. The van der Waals surface area contributed by atoms with Crippen LogP contribution in [-0.2, 0) is 12.7 Å². The van der Waals surface area contributed by atoms with Crippen LogP contribution in [0, 0.1) is 0 Å². The van der Waals surface area contributed by atoms with Crippen LogP contribution in [0.3, 0.4) is 0 Å². The summed E-state index contributed by atoms with van der Waals surface area (Å²) in [6.45, 7) is 0.743. The zero-order valence-corrected chi connectivity index (χ0v) is 11.3. The van der Waals surface area contributed by atoms with Crippen LogP contribution in [0.2, 0.25) is 0 Å². The zero-order valence-electron chi connectivity index (χ0n) is 11.3. The van der Waals surface area contributed by atoms with Gasteiger partial charge < -0.3 is 10.4 Å². The van der Waals surface area contributed by atoms with Gasteiger partial charge >= 0.3 is 6.18 Å². The van der Waals surface area contributed by atoms with Gasteiger partial charge in [0.1, 0.15) is 0 Å². The van der Waals surface area contributed by atoms with E-state index in [0.717, 1.165) is 23.3 Å². The van der Waals surface area contributed by atoms with Crippen molar-refractivity contribution < 1.29 is 18.3 Å². The predicted octanol–water partition coefficient (Wildman–Crippen LogP) is 3.53. The van der Waals surface area contributed by atoms with Crippen molar-refractivity contribution in [2.24, 2.45) is 0 Å². The number of benzene rings is 2. The van der Waals surface area contributed by atoms with Crippen LogP contribution in [0.25, 0.3) is 0 Å². The number of nitrogens with one attached hydrogen (secondary N) is 1. The van der Waals surface area contributed by atoms with Crippen LogP contribution in [0.1, 0.15) is 22.8 Å². The molecule has 2 aromatic carbocycles. The van der Waals surface area contributed by atoms with Crippen LogP contribution in [-0.4, -0.2) is 11.7 Å². The van der Waals surface area contributed by atoms with Crippen LogP contribution in [0.15, 0.2) is 54.6 Å². The highest BCUT2D eigenvalue weighted by Crippen LogP contribution is 2.29. The normalized spacial score (nSPS) is 13.1. The average Bonchev–Trinajstić information content (AvgIpc) is 2.47. The fourth-order valence-electron chi connectivity index (χ4n) is 1.96. The molecule has 2 aromatic rings. The van der Waals surface area contributed by atoms with Gasteiger partial charge in [-0.15, -0.1) is 0 Å². The predicted molar refractivity (Wildman–Crippen MR) is 74.6 cm³/mol. The van der Waals surface area contributed by atoms with Gasteiger partial charge in [-0.25, -0.2) is 0 Å². The Kier molecular flexibility index (Phi) is 4.98. The molecule has 0 spiro atoms. The third-order valence-corrected chi connectivity index (χ3v) is 3.13. The average molecular weight is 295 g/mol. The highest BCUT2D eigenvalue weighted by atomic mass is 19.4. The lowest BCUT2D eigenvalue weighted by Crippen LogP contribution is -2.21. The van der Waals surface area contributed by atoms with Crippen molar-refractivity contribution in [1.29, 1.82) is 0 Å². The Balaban J connectivity index is 1.84. The Labute approximate surface area is 121 Å². The lowest BCUT2D eigenvalue weighted by atomic mass is 10.1. The summed E-state index contributed by atoms with van der Waals surface area (Å²) in [5.74, 6) is 0. The maximum Gasteiger partial charge on any atom is 0.416 e. The van der Waals surface area contributed by atoms with Gasteiger partial charge in [0.15, 0.2) is 0 Å². The number of rotatable bonds is 5. The third-order valence-electron chi connectivity index (χ3n) is 3.13. The molecule has 0 heterocycles. The summed E-state index contributed by atoms with van der Waals surface area (Å²) in [5.41, 5.74) is 0.885. The van der Waals surface area contributed by atoms with Crippen molar-refractivity contribution in [3.05, 3.63) is 71.3 Å². The summed E-state index contributed by atoms with van der Waals surface area (Å²) in [4.78, 5) is 0. The molecule has 1 atom stereocenters. The first-order valence-electron chi connectivity index (χ1n) is 6.56. The van der Waals surface area contributed by atoms with E-state index in [1.807, 2.05) is 30.3 Å². The van der Waals surface area contributed by atoms with Gasteiger partial charge in [-0.3, -0.25) is 0 Å². The number of hydrogen-bond acceptors (Lipinski definition) is 2. The second-order valence-electron chi connectivity index (χ2n) is 4.75. The van der Waals surface area contributed by atoms with E-state index in [1.54, 1.807) is 0 Å². The Morgan fingerprint density at radius 3 is 2.14 bits per heavy atom. The van der Waals surface area contributed by atoms with Crippen molar-refractivity contribution in [3.8, 4) is 0 Å². The third kappa shape index (κ3) is 4.58. The van der Waals surface area contributed by atoms with Crippen molar-refractivity contribution in [3.63, 3.8) is 0 Å². The molecule has 0 aliphatic rings. The van der Waals surface area contributed by atoms with Crippen molar-refractivity contribution in [2.45, 2.75) is 18.8 Å². The first kappa shape index (κ1) is 15.5. The van der Waals surface area contributed by atoms with E-state index in [0.29, 0.717) is 13.1 Å². The van der Waals surface area contributed by atoms with Gasteiger partial charge in [0.2, 0.25) is 0 Å². The zero-order chi connectivity index (χ0) is 15.3. The van der Waals surface area contributed by atoms with Crippen LogP contribution in [0.5, 0.6) is 0 Å². The van der Waals surface area contributed by atoms with E-state index in [-0.39, 0.29) is 0 Å². The minimum absolute atomic E-state index is 0.338. The molecule has 2 N–H and O–H groups in total. The van der Waals surface area contributed by atoms with Gasteiger partial charge in [0, 0.05) is 13.1 Å². The molecule has 112 valence electrons. The molecule has 0 aliphatic carbocycles. The van der Waals surface area contributed by atoms with Crippen molar-refractivity contribution in [1.82, 2.24) is 5.32 Å². The Bertz CT molecular complexity index is 552. The molecule has 0 saturated carbocycles. The second-order valence-corrected chi connectivity index (χ2v) is 4.75. The summed E-state index contributed by atoms with van der Waals surface area (Å²) in [5, 5.41) is 13.0. The number of aliphatic hydroxyl groups is 1. The number of aliphatic hydroxyl groups excluding tert-OH is 1. The van der Waals surface area contributed by atoms with Gasteiger partial charge in [-0.1, -0.05) is 42.5 Å². The molecule has 0 aromatic heterocycles. The minimum atomic E-state index is -4.31. The maximum atomic E-state index is 12.4. The molecule has 0 unspecified atom stereocenters. The van der Waals surface area contributed by atoms with Gasteiger partial charge in [0.25, 0.3) is 0 Å². The summed E-state index contributed by atoms with van der Waals surface area (Å²) >= 11 is 0. The van der Waals surface area contributed by atoms with E-state index >= 15 is 0 Å². The smallest absolute Gasteiger partial charge is 0.387 e. The van der Waals surface area contributed by atoms with E-state index in [9.17, 15) is 18.3 Å². The highest BCUT2D eigenvalue weighted by Gasteiger charge is 2.29. The maximum absolute atomic E-state index is 12.4. The lowest BCUT2D eigenvalue weighted by molar-refractivity contribution is -0.137. The molecule has 0 aliphatic heterocycles. The number of hydrogen-bond donors (Lipinski definition) is 2. The van der Waals surface area contributed by atoms with E-state index in [4.69, 9.17) is 0 Å². The van der Waals surface area contributed by atoms with Gasteiger partial charge in [-0.05, 0) is 23.3 Å². The van der Waals surface area contributed by atoms with Crippen molar-refractivity contribution in [2.75, 3.05) is 6.54 Å². The molecule has 0 radical (unpaired) electrons. The Morgan fingerprint density at radius 1 is 0.952 bits per heavy atom. The summed E-state index contributed by atoms with van der Waals surface area (Å²) in [6.07, 6.45) is -4.95. The molecular formula is C16H16F3NO. The standard InChI is InChI=1S/C16H16F3NO/c17-16(18,19)14-8-6-12(7-9-14)10-20-11-15(21)13-4-2-1-3-5-13/h1-9,15,20-21H,10-11H2/t15-/m1/s1. The fourth-order valence-corrected chi connectivity index (χ4v) is 1.96. The highest BCUT2D eigenvalue weighted by molar-refractivity contribution is 5.24. The Morgan fingerprint density at radius 2 is 1.57 bits per heavy atom. The van der Waals surface area contributed by atoms with Crippen molar-refractivity contribution >= 4 is 0 Å². The molecule has 0 amide bonds. The van der Waals surface area contributed by atoms with Crippen LogP contribution >= 0.6 is 0 Å². The van der Waals surface area contributed by atoms with E-state index in [1.165, 1.54) is 12.1 Å². The first-order chi connectivity index (χ1) is 9.97. The van der Waals surface area contributed by atoms with Gasteiger partial charge in [-0.2, -0.15) is 13.2 Å². The summed E-state index contributed by atoms with van der Waals surface area (Å²) in [6, 6.07) is 14.2. The van der Waals surface area contributed by atoms with Gasteiger partial charge in [0.05, 0.1) is 11.7 Å². The Hall–Kier alpha value is -1.85. The lowest BCUT2D eigenvalue weighted by Gasteiger charge is -2.12. The second kappa shape index (κ2) is 6.74. The largest absolute Gasteiger partial charge is 0.416 e. The number of halogens is 3. The molecule has 0 fully saturated rings. The first-order valence-corrected chi connectivity index (χ1v) is 6.56. The van der Waals surface area contributed by atoms with E-state index < -0.39 is 17.8 Å². The summed E-state index contributed by atoms with van der Waals surface area (Å²) in [7, 11) is 0. The minimum Gasteiger partial charge on any atom is -0.387 e.